The van der Waals surface area contributed by atoms with Gasteiger partial charge in [0.1, 0.15) is 4.90 Å². The Morgan fingerprint density at radius 3 is 2.61 bits per heavy atom. The van der Waals surface area contributed by atoms with E-state index < -0.39 is 32.3 Å². The van der Waals surface area contributed by atoms with Crippen molar-refractivity contribution in [2.24, 2.45) is 5.73 Å². The highest BCUT2D eigenvalue weighted by Crippen LogP contribution is 2.23. The van der Waals surface area contributed by atoms with Crippen molar-refractivity contribution in [1.82, 2.24) is 4.72 Å². The van der Waals surface area contributed by atoms with Crippen molar-refractivity contribution in [3.63, 3.8) is 0 Å². The zero-order chi connectivity index (χ0) is 13.9. The van der Waals surface area contributed by atoms with E-state index in [0.717, 1.165) is 12.1 Å². The maximum atomic E-state index is 13.7. The number of carboxylic acid groups (broad SMARTS) is 1. The van der Waals surface area contributed by atoms with Gasteiger partial charge in [-0.3, -0.25) is 0 Å². The molecule has 6 nitrogen and oxygen atoms in total. The van der Waals surface area contributed by atoms with Gasteiger partial charge in [0.05, 0.1) is 5.56 Å². The highest BCUT2D eigenvalue weighted by Gasteiger charge is 2.24. The average molecular weight is 297 g/mol. The first-order valence-corrected chi connectivity index (χ1v) is 6.57. The molecular weight excluding hydrogens is 287 g/mol. The first-order chi connectivity index (χ1) is 8.29. The van der Waals surface area contributed by atoms with E-state index in [1.54, 1.807) is 0 Å². The van der Waals surface area contributed by atoms with Crippen molar-refractivity contribution in [3.8, 4) is 0 Å². The standard InChI is InChI=1S/C9H10ClFN2O4S/c10-5-3-6(9(14)15)8(11)7(4-5)18(16,17)13-2-1-12/h3-4,13H,1-2,12H2,(H,14,15). The molecule has 0 aliphatic rings. The van der Waals surface area contributed by atoms with Crippen LogP contribution in [-0.2, 0) is 10.0 Å². The minimum atomic E-state index is -4.18. The van der Waals surface area contributed by atoms with E-state index in [4.69, 9.17) is 22.4 Å². The second-order valence-corrected chi connectivity index (χ2v) is 5.43. The number of rotatable bonds is 5. The molecule has 1 aromatic rings. The molecule has 0 saturated heterocycles. The molecule has 0 unspecified atom stereocenters. The smallest absolute Gasteiger partial charge is 0.338 e. The molecule has 0 atom stereocenters. The van der Waals surface area contributed by atoms with E-state index in [-0.39, 0.29) is 18.1 Å². The van der Waals surface area contributed by atoms with Crippen LogP contribution in [0.2, 0.25) is 5.02 Å². The lowest BCUT2D eigenvalue weighted by Crippen LogP contribution is -2.30. The van der Waals surface area contributed by atoms with Crippen molar-refractivity contribution < 1.29 is 22.7 Å². The van der Waals surface area contributed by atoms with Crippen LogP contribution in [-0.4, -0.2) is 32.6 Å². The van der Waals surface area contributed by atoms with E-state index in [0.29, 0.717) is 0 Å². The minimum absolute atomic E-state index is 0.0210. The third kappa shape index (κ3) is 3.16. The number of carbonyl (C=O) groups is 1. The molecule has 0 aliphatic carbocycles. The van der Waals surface area contributed by atoms with Gasteiger partial charge in [0, 0.05) is 18.1 Å². The third-order valence-electron chi connectivity index (χ3n) is 1.96. The highest BCUT2D eigenvalue weighted by atomic mass is 35.5. The Hall–Kier alpha value is -1.22. The summed E-state index contributed by atoms with van der Waals surface area (Å²) in [6.07, 6.45) is 0. The molecule has 0 aromatic heterocycles. The molecule has 0 saturated carbocycles. The van der Waals surface area contributed by atoms with Gasteiger partial charge >= 0.3 is 5.97 Å². The Labute approximate surface area is 108 Å². The van der Waals surface area contributed by atoms with Crippen LogP contribution >= 0.6 is 11.6 Å². The Morgan fingerprint density at radius 2 is 2.11 bits per heavy atom. The Balaban J connectivity index is 3.37. The van der Waals surface area contributed by atoms with Gasteiger partial charge in [0.25, 0.3) is 0 Å². The maximum Gasteiger partial charge on any atom is 0.338 e. The van der Waals surface area contributed by atoms with Crippen molar-refractivity contribution in [2.45, 2.75) is 4.90 Å². The predicted octanol–water partition coefficient (Wildman–Crippen LogP) is 0.414. The summed E-state index contributed by atoms with van der Waals surface area (Å²) >= 11 is 5.56. The topological polar surface area (TPSA) is 109 Å². The average Bonchev–Trinajstić information content (AvgIpc) is 2.28. The molecule has 1 aromatic carbocycles. The molecule has 0 fully saturated rings. The van der Waals surface area contributed by atoms with Gasteiger partial charge in [-0.25, -0.2) is 22.3 Å². The third-order valence-corrected chi connectivity index (χ3v) is 3.64. The number of hydrogen-bond donors (Lipinski definition) is 3. The van der Waals surface area contributed by atoms with Crippen molar-refractivity contribution in [2.75, 3.05) is 13.1 Å². The van der Waals surface area contributed by atoms with Gasteiger partial charge in [-0.2, -0.15) is 0 Å². The van der Waals surface area contributed by atoms with E-state index >= 15 is 0 Å². The van der Waals surface area contributed by atoms with Gasteiger partial charge in [-0.05, 0) is 12.1 Å². The van der Waals surface area contributed by atoms with E-state index in [1.807, 2.05) is 4.72 Å². The van der Waals surface area contributed by atoms with Crippen molar-refractivity contribution in [1.29, 1.82) is 0 Å². The second kappa shape index (κ2) is 5.61. The zero-order valence-corrected chi connectivity index (χ0v) is 10.6. The van der Waals surface area contributed by atoms with Crippen molar-refractivity contribution >= 4 is 27.6 Å². The zero-order valence-electron chi connectivity index (χ0n) is 8.98. The SMILES string of the molecule is NCCNS(=O)(=O)c1cc(Cl)cc(C(=O)O)c1F. The predicted molar refractivity (Wildman–Crippen MR) is 62.6 cm³/mol. The molecule has 18 heavy (non-hydrogen) atoms. The molecule has 0 amide bonds. The van der Waals surface area contributed by atoms with Crippen LogP contribution in [0.4, 0.5) is 4.39 Å². The number of nitrogens with two attached hydrogens (primary N) is 1. The monoisotopic (exact) mass is 296 g/mol. The number of halogens is 2. The molecular formula is C9H10ClFN2O4S. The summed E-state index contributed by atoms with van der Waals surface area (Å²) in [4.78, 5) is 9.91. The van der Waals surface area contributed by atoms with Crippen LogP contribution in [0, 0.1) is 5.82 Å². The van der Waals surface area contributed by atoms with Crippen LogP contribution in [0.25, 0.3) is 0 Å². The highest BCUT2D eigenvalue weighted by molar-refractivity contribution is 7.89. The lowest BCUT2D eigenvalue weighted by molar-refractivity contribution is 0.0691. The van der Waals surface area contributed by atoms with Gasteiger partial charge in [0.2, 0.25) is 10.0 Å². The number of carboxylic acids is 1. The first-order valence-electron chi connectivity index (χ1n) is 4.71. The Bertz CT molecular complexity index is 576. The minimum Gasteiger partial charge on any atom is -0.478 e. The summed E-state index contributed by atoms with van der Waals surface area (Å²) in [5.41, 5.74) is 4.31. The number of sulfonamides is 1. The fourth-order valence-corrected chi connectivity index (χ4v) is 2.64. The number of hydrogen-bond acceptors (Lipinski definition) is 4. The number of benzene rings is 1. The van der Waals surface area contributed by atoms with E-state index in [1.165, 1.54) is 0 Å². The Morgan fingerprint density at radius 1 is 1.50 bits per heavy atom. The van der Waals surface area contributed by atoms with Gasteiger partial charge in [-0.15, -0.1) is 0 Å². The van der Waals surface area contributed by atoms with Crippen LogP contribution in [0.15, 0.2) is 17.0 Å². The van der Waals surface area contributed by atoms with Crippen LogP contribution in [0.1, 0.15) is 10.4 Å². The molecule has 0 aliphatic heterocycles. The number of aromatic carboxylic acids is 1. The summed E-state index contributed by atoms with van der Waals surface area (Å²) in [6.45, 7) is -0.0795. The molecule has 9 heteroatoms. The second-order valence-electron chi connectivity index (χ2n) is 3.26. The summed E-state index contributed by atoms with van der Waals surface area (Å²) in [5, 5.41) is 8.53. The lowest BCUT2D eigenvalue weighted by Gasteiger charge is -2.09. The normalized spacial score (nSPS) is 11.5. The molecule has 1 rings (SSSR count). The summed E-state index contributed by atoms with van der Waals surface area (Å²) in [6, 6.07) is 1.67. The first kappa shape index (κ1) is 14.8. The molecule has 4 N–H and O–H groups in total. The van der Waals surface area contributed by atoms with Crippen LogP contribution < -0.4 is 10.5 Å². The molecule has 0 bridgehead atoms. The van der Waals surface area contributed by atoms with Gasteiger partial charge in [0.15, 0.2) is 5.82 Å². The van der Waals surface area contributed by atoms with E-state index in [2.05, 4.69) is 0 Å². The fourth-order valence-electron chi connectivity index (χ4n) is 1.19. The van der Waals surface area contributed by atoms with Gasteiger partial charge < -0.3 is 10.8 Å². The quantitative estimate of drug-likeness (QED) is 0.729. The maximum absolute atomic E-state index is 13.7. The largest absolute Gasteiger partial charge is 0.478 e. The molecule has 0 spiro atoms. The number of nitrogens with one attached hydrogen (secondary N) is 1. The van der Waals surface area contributed by atoms with Crippen molar-refractivity contribution in [3.05, 3.63) is 28.5 Å². The van der Waals surface area contributed by atoms with E-state index in [9.17, 15) is 17.6 Å². The Kier molecular flexibility index (Phi) is 4.63. The van der Waals surface area contributed by atoms with Crippen LogP contribution in [0.3, 0.4) is 0 Å². The lowest BCUT2D eigenvalue weighted by atomic mass is 10.2. The summed E-state index contributed by atoms with van der Waals surface area (Å²) in [5.74, 6) is -2.97. The fraction of sp³-hybridized carbons (Fsp3) is 0.222. The summed E-state index contributed by atoms with van der Waals surface area (Å²) in [7, 11) is -4.18. The van der Waals surface area contributed by atoms with Crippen LogP contribution in [0.5, 0.6) is 0 Å². The molecule has 100 valence electrons. The van der Waals surface area contributed by atoms with Gasteiger partial charge in [-0.1, -0.05) is 11.6 Å². The molecule has 0 heterocycles. The molecule has 0 radical (unpaired) electrons. The summed E-state index contributed by atoms with van der Waals surface area (Å²) < 4.78 is 39.1.